The van der Waals surface area contributed by atoms with Crippen molar-refractivity contribution in [2.45, 2.75) is 110 Å². The SMILES string of the molecule is CCn1c(-c2cc(N3CCN(C)CC3)cnc2[C@H](C)OC)c2c3cc(ccc31)-c1cc(O)cc(c1)C[C@H](NC(=O)[C@H](C(C)C)N(C)[N+](=O)[C@@H]1OCC[C@@H]1c1ccccc1)C(=O)N1CC3C[C@@H]3[C@H](N1)C(=O)OCC(C)(C)C2. The number of phenols is 1. The molecule has 4 fully saturated rings. The number of anilines is 1. The first-order valence-corrected chi connectivity index (χ1v) is 27.3. The van der Waals surface area contributed by atoms with Gasteiger partial charge in [-0.05, 0) is 116 Å². The Morgan fingerprint density at radius 3 is 2.51 bits per heavy atom. The minimum Gasteiger partial charge on any atom is -0.508 e. The van der Waals surface area contributed by atoms with E-state index in [9.17, 15) is 19.6 Å². The van der Waals surface area contributed by atoms with Crippen LogP contribution in [0.15, 0.2) is 79.0 Å². The van der Waals surface area contributed by atoms with E-state index in [1.165, 1.54) is 10.0 Å². The van der Waals surface area contributed by atoms with Crippen molar-refractivity contribution in [2.75, 3.05) is 72.0 Å². The number of pyridine rings is 1. The Morgan fingerprint density at radius 1 is 1.03 bits per heavy atom. The van der Waals surface area contributed by atoms with Crippen LogP contribution in [0.3, 0.4) is 0 Å². The summed E-state index contributed by atoms with van der Waals surface area (Å²) in [6.45, 7) is 17.3. The van der Waals surface area contributed by atoms with Gasteiger partial charge in [-0.25, -0.2) is 5.43 Å². The number of hydrogen-bond acceptors (Lipinski definition) is 12. The Labute approximate surface area is 446 Å². The minimum absolute atomic E-state index is 0.0000518. The van der Waals surface area contributed by atoms with Crippen LogP contribution in [0.1, 0.15) is 88.8 Å². The first kappa shape index (κ1) is 53.0. The molecule has 0 spiro atoms. The monoisotopic (exact) mass is 1040 g/mol. The number of nitrogens with zero attached hydrogens (tertiary/aromatic N) is 7. The lowest BCUT2D eigenvalue weighted by Crippen LogP contribution is -2.63. The summed E-state index contributed by atoms with van der Waals surface area (Å²) in [5, 5.41) is 18.5. The number of carbonyl (C=O) groups excluding carboxylic acids is 3. The first-order chi connectivity index (χ1) is 36.4. The largest absolute Gasteiger partial charge is 0.508 e. The molecular weight excluding hydrogens is 963 g/mol. The van der Waals surface area contributed by atoms with Gasteiger partial charge >= 0.3 is 12.2 Å². The number of ether oxygens (including phenoxy) is 3. The summed E-state index contributed by atoms with van der Waals surface area (Å²) in [4.78, 5) is 69.3. The van der Waals surface area contributed by atoms with E-state index in [1.54, 1.807) is 26.3 Å². The molecule has 1 aliphatic carbocycles. The molecule has 3 N–H and O–H groups in total. The van der Waals surface area contributed by atoms with Gasteiger partial charge in [-0.15, -0.1) is 5.01 Å². The molecule has 6 bridgehead atoms. The number of aromatic hydroxyl groups is 1. The maximum atomic E-state index is 15.1. The van der Waals surface area contributed by atoms with Crippen molar-refractivity contribution in [2.24, 2.45) is 23.2 Å². The van der Waals surface area contributed by atoms with E-state index >= 15 is 4.79 Å². The molecule has 76 heavy (non-hydrogen) atoms. The average molecular weight is 1040 g/mol. The number of likely N-dealkylation sites (N-methyl/N-ethyl adjacent to an activating group) is 2. The lowest BCUT2D eigenvalue weighted by atomic mass is 9.84. The van der Waals surface area contributed by atoms with E-state index in [1.807, 2.05) is 63.4 Å². The number of piperazine rings is 1. The maximum Gasteiger partial charge on any atom is 0.344 e. The number of esters is 1. The predicted molar refractivity (Wildman–Crippen MR) is 291 cm³/mol. The number of fused-ring (bicyclic) bond motifs is 8. The number of methoxy groups -OCH3 is 1. The number of benzene rings is 3. The maximum absolute atomic E-state index is 15.1. The molecule has 1 saturated carbocycles. The molecule has 17 nitrogen and oxygen atoms in total. The Bertz CT molecular complexity index is 2990. The second kappa shape index (κ2) is 21.6. The second-order valence-corrected chi connectivity index (χ2v) is 23.0. The quantitative estimate of drug-likeness (QED) is 0.0649. The zero-order valence-electron chi connectivity index (χ0n) is 45.6. The van der Waals surface area contributed by atoms with Gasteiger partial charge in [0, 0.05) is 74.7 Å². The summed E-state index contributed by atoms with van der Waals surface area (Å²) < 4.78 is 20.7. The molecule has 4 aliphatic heterocycles. The van der Waals surface area contributed by atoms with Crippen molar-refractivity contribution < 1.29 is 38.6 Å². The van der Waals surface area contributed by atoms with Crippen molar-refractivity contribution in [3.63, 3.8) is 0 Å². The third kappa shape index (κ3) is 10.5. The van der Waals surface area contributed by atoms with E-state index < -0.39 is 47.6 Å². The van der Waals surface area contributed by atoms with Gasteiger partial charge in [0.05, 0.1) is 60.5 Å². The van der Waals surface area contributed by atoms with Crippen LogP contribution in [0, 0.1) is 28.1 Å². The van der Waals surface area contributed by atoms with Crippen LogP contribution >= 0.6 is 0 Å². The van der Waals surface area contributed by atoms with E-state index in [4.69, 9.17) is 19.2 Å². The van der Waals surface area contributed by atoms with Crippen LogP contribution in [-0.2, 0) is 48.0 Å². The Hall–Kier alpha value is -6.40. The molecule has 10 rings (SSSR count). The molecule has 6 heterocycles. The van der Waals surface area contributed by atoms with Gasteiger partial charge in [-0.1, -0.05) is 70.2 Å². The van der Waals surface area contributed by atoms with Crippen LogP contribution in [0.4, 0.5) is 5.69 Å². The van der Waals surface area contributed by atoms with Gasteiger partial charge in [-0.3, -0.25) is 24.4 Å². The summed E-state index contributed by atoms with van der Waals surface area (Å²) in [6, 6.07) is 20.8. The number of nitrogens with one attached hydrogen (secondary N) is 2. The van der Waals surface area contributed by atoms with E-state index in [0.717, 1.165) is 93.3 Å². The third-order valence-corrected chi connectivity index (χ3v) is 16.6. The highest BCUT2D eigenvalue weighted by Crippen LogP contribution is 2.46. The molecule has 3 saturated heterocycles. The Kier molecular flexibility index (Phi) is 15.0. The van der Waals surface area contributed by atoms with E-state index in [0.29, 0.717) is 38.1 Å². The van der Waals surface area contributed by atoms with Gasteiger partial charge in [0.2, 0.25) is 5.91 Å². The number of hydrazine groups is 2. The number of amides is 2. The molecule has 5 aromatic rings. The number of nitroso groups, excluding NO2 is 1. The highest BCUT2D eigenvalue weighted by molar-refractivity contribution is 5.96. The van der Waals surface area contributed by atoms with Crippen molar-refractivity contribution in [1.29, 1.82) is 0 Å². The Morgan fingerprint density at radius 2 is 1.79 bits per heavy atom. The van der Waals surface area contributed by atoms with Gasteiger partial charge in [0.1, 0.15) is 17.8 Å². The number of aromatic nitrogens is 2. The normalized spacial score (nSPS) is 24.7. The standard InChI is InChI=1S/C59H75N9O8/c1-10-66-50-17-16-39-28-46(50)48(54(66)47-30-42(32-60-51(47)36(4)74-9)65-21-19-63(7)20-22-65)31-59(5,6)34-76-58(72)52-45-29-41(45)33-67(62-52)56(71)49(26-37-24-40(39)27-43(69)25-37)61-55(70)53(35(2)3)64(8)68(73)57-44(18-23-75-57)38-14-12-11-13-15-38/h11-17,24-25,27-28,30,32,35-36,41,44-45,49,52-53,57,62H,10,18-23,26,29,31,33-34H2,1-9H3,(H-,61,69,70)/p+1/t36-,41?,44+,45-,49-,52-,53-,57+/m0/s1. The molecule has 0 radical (unpaired) electrons. The van der Waals surface area contributed by atoms with Crippen LogP contribution in [0.5, 0.6) is 5.75 Å². The fraction of sp³-hybridized carbons (Fsp3) is 0.525. The lowest BCUT2D eigenvalue weighted by Gasteiger charge is -2.36. The van der Waals surface area contributed by atoms with E-state index in [-0.39, 0.29) is 48.6 Å². The number of phenolic OH excluding ortho intramolecular Hbond substituents is 1. The zero-order valence-corrected chi connectivity index (χ0v) is 45.6. The van der Waals surface area contributed by atoms with Crippen molar-refractivity contribution in [1.82, 2.24) is 35.2 Å². The van der Waals surface area contributed by atoms with Crippen molar-refractivity contribution in [3.8, 4) is 28.1 Å². The fourth-order valence-electron chi connectivity index (χ4n) is 12.3. The van der Waals surface area contributed by atoms with E-state index in [2.05, 4.69) is 77.2 Å². The van der Waals surface area contributed by atoms with Gasteiger partial charge in [-0.2, -0.15) is 0 Å². The lowest BCUT2D eigenvalue weighted by molar-refractivity contribution is -0.763. The van der Waals surface area contributed by atoms with Crippen LogP contribution < -0.4 is 15.6 Å². The molecule has 404 valence electrons. The number of carbonyl (C=O) groups is 3. The molecule has 17 heteroatoms. The highest BCUT2D eigenvalue weighted by atomic mass is 16.5. The summed E-state index contributed by atoms with van der Waals surface area (Å²) >= 11 is 0. The summed E-state index contributed by atoms with van der Waals surface area (Å²) in [5.74, 6) is -1.91. The minimum atomic E-state index is -1.16. The molecule has 2 aromatic heterocycles. The Balaban J connectivity index is 1.05. The van der Waals surface area contributed by atoms with Gasteiger partial charge in [0.25, 0.3) is 5.91 Å². The summed E-state index contributed by atoms with van der Waals surface area (Å²) in [6.07, 6.45) is 2.74. The molecule has 8 atom stereocenters. The molecule has 5 aliphatic rings. The average Bonchev–Trinajstić information content (AvgIpc) is 3.96. The molecule has 2 amide bonds. The number of cyclic esters (lactones) is 1. The third-order valence-electron chi connectivity index (χ3n) is 16.6. The number of rotatable bonds is 12. The topological polar surface area (TPSA) is 174 Å². The summed E-state index contributed by atoms with van der Waals surface area (Å²) in [7, 11) is 5.45. The van der Waals surface area contributed by atoms with Crippen LogP contribution in [0.25, 0.3) is 33.3 Å². The molecule has 3 aromatic carbocycles. The molecular formula is C59H76N9O8+. The first-order valence-electron chi connectivity index (χ1n) is 27.3. The van der Waals surface area contributed by atoms with Crippen LogP contribution in [0.2, 0.25) is 0 Å². The highest BCUT2D eigenvalue weighted by Gasteiger charge is 2.54. The van der Waals surface area contributed by atoms with Crippen molar-refractivity contribution >= 4 is 34.4 Å². The predicted octanol–water partition coefficient (Wildman–Crippen LogP) is 7.24. The van der Waals surface area contributed by atoms with Gasteiger partial charge in [0.15, 0.2) is 10.9 Å². The van der Waals surface area contributed by atoms with Gasteiger partial charge < -0.3 is 39.0 Å². The van der Waals surface area contributed by atoms with Crippen molar-refractivity contribution in [3.05, 3.63) is 106 Å². The van der Waals surface area contributed by atoms with Crippen LogP contribution in [-0.4, -0.2) is 144 Å². The fourth-order valence-corrected chi connectivity index (χ4v) is 12.3. The summed E-state index contributed by atoms with van der Waals surface area (Å²) in [5.41, 5.74) is 11.9. The number of hydrogen-bond donors (Lipinski definition) is 3. The number of aryl methyl sites for hydroxylation is 1. The smallest absolute Gasteiger partial charge is 0.344 e. The second-order valence-electron chi connectivity index (χ2n) is 23.0. The molecule has 1 unspecified atom stereocenters. The zero-order chi connectivity index (χ0) is 53.7.